The van der Waals surface area contributed by atoms with Crippen LogP contribution in [0.2, 0.25) is 0 Å². The number of halogens is 3. The minimum atomic E-state index is -4.22. The lowest BCUT2D eigenvalue weighted by Gasteiger charge is -2.27. The minimum absolute atomic E-state index is 0.0141. The number of nitrogens with zero attached hydrogens (tertiary/aromatic N) is 3. The number of pyridine rings is 2. The quantitative estimate of drug-likeness (QED) is 0.209. The number of carboxylic acid groups (broad SMARTS) is 1. The molecule has 0 spiro atoms. The lowest BCUT2D eigenvalue weighted by molar-refractivity contribution is -0.136. The van der Waals surface area contributed by atoms with Crippen molar-refractivity contribution in [3.8, 4) is 0 Å². The van der Waals surface area contributed by atoms with Crippen LogP contribution in [0.25, 0.3) is 0 Å². The van der Waals surface area contributed by atoms with Crippen molar-refractivity contribution >= 4 is 27.9 Å². The molecule has 0 saturated carbocycles. The van der Waals surface area contributed by atoms with Crippen molar-refractivity contribution in [2.45, 2.75) is 88.6 Å². The van der Waals surface area contributed by atoms with Gasteiger partial charge in [-0.1, -0.05) is 50.2 Å². The van der Waals surface area contributed by atoms with E-state index in [0.29, 0.717) is 12.0 Å². The van der Waals surface area contributed by atoms with Gasteiger partial charge in [0.1, 0.15) is 18.0 Å². The number of carbonyl (C=O) groups excluding carboxylic acids is 1. The molecule has 14 heteroatoms. The Morgan fingerprint density at radius 1 is 0.957 bits per heavy atom. The first kappa shape index (κ1) is 36.4. The third-order valence-corrected chi connectivity index (χ3v) is 8.33. The van der Waals surface area contributed by atoms with Gasteiger partial charge in [0.2, 0.25) is 0 Å². The Morgan fingerprint density at radius 3 is 2.20 bits per heavy atom. The van der Waals surface area contributed by atoms with E-state index in [1.54, 1.807) is 57.2 Å². The highest BCUT2D eigenvalue weighted by Gasteiger charge is 2.30. The normalized spacial score (nSPS) is 13.2. The number of rotatable bonds is 13. The van der Waals surface area contributed by atoms with Crippen molar-refractivity contribution in [1.29, 1.82) is 0 Å². The number of benzene rings is 1. The molecule has 0 aliphatic carbocycles. The van der Waals surface area contributed by atoms with Crippen molar-refractivity contribution in [1.82, 2.24) is 14.7 Å². The van der Waals surface area contributed by atoms with Gasteiger partial charge >= 0.3 is 18.2 Å². The highest BCUT2D eigenvalue weighted by molar-refractivity contribution is 7.89. The third kappa shape index (κ3) is 11.1. The van der Waals surface area contributed by atoms with Crippen LogP contribution in [0.15, 0.2) is 71.9 Å². The highest BCUT2D eigenvalue weighted by Crippen LogP contribution is 2.33. The molecule has 0 aliphatic heterocycles. The van der Waals surface area contributed by atoms with Crippen LogP contribution in [0.1, 0.15) is 76.7 Å². The second kappa shape index (κ2) is 14.6. The topological polar surface area (TPSA) is 139 Å². The van der Waals surface area contributed by atoms with Gasteiger partial charge in [-0.3, -0.25) is 9.69 Å². The first-order valence-corrected chi connectivity index (χ1v) is 16.0. The highest BCUT2D eigenvalue weighted by atomic mass is 32.2. The number of amides is 1. The number of anilines is 1. The van der Waals surface area contributed by atoms with Crippen LogP contribution < -0.4 is 9.62 Å². The average Bonchev–Trinajstić information content (AvgIpc) is 2.94. The van der Waals surface area contributed by atoms with Crippen LogP contribution in [-0.4, -0.2) is 53.9 Å². The van der Waals surface area contributed by atoms with Crippen LogP contribution in [0, 0.1) is 0 Å². The Kier molecular flexibility index (Phi) is 11.6. The van der Waals surface area contributed by atoms with Gasteiger partial charge in [-0.25, -0.2) is 27.9 Å². The third-order valence-electron chi connectivity index (χ3n) is 6.94. The summed E-state index contributed by atoms with van der Waals surface area (Å²) < 4.78 is 72.8. The molecule has 1 aromatic carbocycles. The number of alkyl halides is 3. The van der Waals surface area contributed by atoms with Crippen LogP contribution in [-0.2, 0) is 31.4 Å². The van der Waals surface area contributed by atoms with E-state index >= 15 is 0 Å². The minimum Gasteiger partial charge on any atom is -0.480 e. The summed E-state index contributed by atoms with van der Waals surface area (Å²) in [6, 6.07) is 15.0. The Morgan fingerprint density at radius 2 is 1.63 bits per heavy atom. The average molecular weight is 665 g/mol. The van der Waals surface area contributed by atoms with Gasteiger partial charge in [0, 0.05) is 12.6 Å². The maximum atomic E-state index is 13.3. The molecule has 250 valence electrons. The maximum absolute atomic E-state index is 13.3. The zero-order valence-corrected chi connectivity index (χ0v) is 27.2. The van der Waals surface area contributed by atoms with Gasteiger partial charge in [0.15, 0.2) is 5.03 Å². The summed E-state index contributed by atoms with van der Waals surface area (Å²) in [5.74, 6) is -1.38. The fraction of sp³-hybridized carbons (Fsp3) is 0.438. The predicted octanol–water partition coefficient (Wildman–Crippen LogP) is 6.58. The van der Waals surface area contributed by atoms with Crippen LogP contribution in [0.3, 0.4) is 0 Å². The van der Waals surface area contributed by atoms with Crippen LogP contribution >= 0.6 is 0 Å². The number of carbonyl (C=O) groups is 2. The molecule has 0 radical (unpaired) electrons. The lowest BCUT2D eigenvalue weighted by atomic mass is 9.79. The van der Waals surface area contributed by atoms with E-state index in [9.17, 15) is 36.3 Å². The SMILES string of the molecule is CC(C)(C)OC(=O)N(CC(=O)O)c1cccc(C(Cc2ccc(C(C)(C)CCCC(F)(F)F)cc2)NS(=O)(=O)c2ccccn2)n1. The van der Waals surface area contributed by atoms with Crippen molar-refractivity contribution in [3.63, 3.8) is 0 Å². The van der Waals surface area contributed by atoms with Crippen molar-refractivity contribution < 1.29 is 41.0 Å². The molecule has 2 N–H and O–H groups in total. The molecule has 0 bridgehead atoms. The van der Waals surface area contributed by atoms with Gasteiger partial charge in [0.05, 0.1) is 11.7 Å². The maximum Gasteiger partial charge on any atom is 0.416 e. The fourth-order valence-corrected chi connectivity index (χ4v) is 5.80. The number of aromatic nitrogens is 2. The molecule has 10 nitrogen and oxygen atoms in total. The van der Waals surface area contributed by atoms with E-state index in [1.165, 1.54) is 30.5 Å². The number of sulfonamides is 1. The smallest absolute Gasteiger partial charge is 0.416 e. The Balaban J connectivity index is 1.97. The molecule has 3 aromatic rings. The second-order valence-electron chi connectivity index (χ2n) is 12.5. The predicted molar refractivity (Wildman–Crippen MR) is 166 cm³/mol. The molecule has 0 fully saturated rings. The first-order chi connectivity index (χ1) is 21.3. The van der Waals surface area contributed by atoms with Crippen molar-refractivity contribution in [3.05, 3.63) is 83.7 Å². The molecule has 3 rings (SSSR count). The van der Waals surface area contributed by atoms with Crippen molar-refractivity contribution in [2.75, 3.05) is 11.4 Å². The molecule has 2 aromatic heterocycles. The van der Waals surface area contributed by atoms with Crippen LogP contribution in [0.5, 0.6) is 0 Å². The monoisotopic (exact) mass is 664 g/mol. The molecular formula is C32H39F3N4O6S. The molecule has 1 unspecified atom stereocenters. The van der Waals surface area contributed by atoms with E-state index in [4.69, 9.17) is 4.74 Å². The molecule has 1 amide bonds. The summed E-state index contributed by atoms with van der Waals surface area (Å²) >= 11 is 0. The summed E-state index contributed by atoms with van der Waals surface area (Å²) in [4.78, 5) is 33.8. The van der Waals surface area contributed by atoms with Gasteiger partial charge in [0.25, 0.3) is 10.0 Å². The van der Waals surface area contributed by atoms with E-state index in [0.717, 1.165) is 10.5 Å². The van der Waals surface area contributed by atoms with E-state index in [-0.39, 0.29) is 29.4 Å². The molecule has 46 heavy (non-hydrogen) atoms. The second-order valence-corrected chi connectivity index (χ2v) is 14.1. The summed E-state index contributed by atoms with van der Waals surface area (Å²) in [7, 11) is -4.17. The first-order valence-electron chi connectivity index (χ1n) is 14.5. The molecule has 0 saturated heterocycles. The Hall–Kier alpha value is -4.04. The van der Waals surface area contributed by atoms with Gasteiger partial charge in [-0.2, -0.15) is 13.2 Å². The number of hydrogen-bond acceptors (Lipinski definition) is 7. The Bertz CT molecular complexity index is 1590. The molecule has 0 aliphatic rings. The summed E-state index contributed by atoms with van der Waals surface area (Å²) in [6.07, 6.45) is -4.31. The summed E-state index contributed by atoms with van der Waals surface area (Å²) in [5.41, 5.74) is 0.240. The summed E-state index contributed by atoms with van der Waals surface area (Å²) in [5, 5.41) is 9.25. The van der Waals surface area contributed by atoms with Gasteiger partial charge in [-0.15, -0.1) is 0 Å². The summed E-state index contributed by atoms with van der Waals surface area (Å²) in [6.45, 7) is 7.87. The fourth-order valence-electron chi connectivity index (χ4n) is 4.64. The van der Waals surface area contributed by atoms with E-state index in [2.05, 4.69) is 14.7 Å². The zero-order valence-electron chi connectivity index (χ0n) is 26.3. The van der Waals surface area contributed by atoms with Crippen molar-refractivity contribution in [2.24, 2.45) is 0 Å². The molecular weight excluding hydrogens is 625 g/mol. The molecule has 2 heterocycles. The van der Waals surface area contributed by atoms with Gasteiger partial charge in [-0.05, 0) is 80.8 Å². The number of carboxylic acids is 1. The van der Waals surface area contributed by atoms with E-state index < -0.39 is 58.3 Å². The van der Waals surface area contributed by atoms with Gasteiger partial charge < -0.3 is 9.84 Å². The molecule has 1 atom stereocenters. The number of ether oxygens (including phenoxy) is 1. The Labute approximate surface area is 267 Å². The van der Waals surface area contributed by atoms with E-state index in [1.807, 2.05) is 13.8 Å². The number of hydrogen-bond donors (Lipinski definition) is 2. The lowest BCUT2D eigenvalue weighted by Crippen LogP contribution is -2.40. The number of aliphatic carboxylic acids is 1. The zero-order chi connectivity index (χ0) is 34.3. The number of nitrogens with one attached hydrogen (secondary N) is 1. The largest absolute Gasteiger partial charge is 0.480 e. The standard InChI is InChI=1S/C32H39F3N4O6S/c1-30(2,3)45-29(42)39(21-28(40)41)26-11-8-10-24(37-26)25(38-46(43,44)27-12-6-7-19-36-27)20-22-13-15-23(16-14-22)31(4,5)17-9-18-32(33,34)35/h6-8,10-16,19,25,38H,9,17-18,20-21H2,1-5H3,(H,40,41). The van der Waals surface area contributed by atoms with Crippen LogP contribution in [0.4, 0.5) is 23.8 Å².